The van der Waals surface area contributed by atoms with E-state index in [-0.39, 0.29) is 18.2 Å². The maximum atomic E-state index is 12.8. The van der Waals surface area contributed by atoms with Gasteiger partial charge in [0.15, 0.2) is 0 Å². The number of anilines is 2. The van der Waals surface area contributed by atoms with Gasteiger partial charge in [-0.15, -0.1) is 0 Å². The third-order valence-corrected chi connectivity index (χ3v) is 4.50. The molecule has 3 rings (SSSR count). The summed E-state index contributed by atoms with van der Waals surface area (Å²) in [4.78, 5) is 25.3. The topological polar surface area (TPSA) is 58.2 Å². The Morgan fingerprint density at radius 2 is 1.18 bits per heavy atom. The molecule has 0 saturated carbocycles. The van der Waals surface area contributed by atoms with Crippen LogP contribution in [-0.2, 0) is 11.2 Å². The lowest BCUT2D eigenvalue weighted by Crippen LogP contribution is -2.19. The summed E-state index contributed by atoms with van der Waals surface area (Å²) in [5.74, 6) is -0.374. The summed E-state index contributed by atoms with van der Waals surface area (Å²) >= 11 is 0. The molecule has 0 aliphatic rings. The molecule has 0 unspecified atom stereocenters. The highest BCUT2D eigenvalue weighted by atomic mass is 16.2. The molecule has 0 atom stereocenters. The highest BCUT2D eigenvalue weighted by Crippen LogP contribution is 2.17. The van der Waals surface area contributed by atoms with Gasteiger partial charge in [-0.3, -0.25) is 9.59 Å². The molecule has 3 aromatic carbocycles. The first-order chi connectivity index (χ1) is 13.4. The van der Waals surface area contributed by atoms with E-state index < -0.39 is 0 Å². The quantitative estimate of drug-likeness (QED) is 0.659. The molecule has 142 valence electrons. The van der Waals surface area contributed by atoms with Crippen molar-refractivity contribution in [2.24, 2.45) is 0 Å². The van der Waals surface area contributed by atoms with Crippen LogP contribution in [0.4, 0.5) is 11.4 Å². The zero-order valence-electron chi connectivity index (χ0n) is 16.4. The molecule has 0 aliphatic heterocycles. The van der Waals surface area contributed by atoms with E-state index in [0.717, 1.165) is 28.1 Å². The number of hydrogen-bond donors (Lipinski definition) is 2. The summed E-state index contributed by atoms with van der Waals surface area (Å²) < 4.78 is 0. The van der Waals surface area contributed by atoms with Crippen LogP contribution in [0.15, 0.2) is 66.7 Å². The Kier molecular flexibility index (Phi) is 5.90. The second-order valence-electron chi connectivity index (χ2n) is 7.07. The lowest BCUT2D eigenvalue weighted by atomic mass is 10.0. The Hall–Kier alpha value is -3.40. The third kappa shape index (κ3) is 5.07. The van der Waals surface area contributed by atoms with Crippen LogP contribution < -0.4 is 10.6 Å². The standard InChI is InChI=1S/C24H24N2O2/c1-16-4-9-20(10-5-16)25-23(27)15-19-14-18(3)8-13-22(19)24(28)26-21-11-6-17(2)7-12-21/h4-14H,15H2,1-3H3,(H,25,27)(H,26,28). The Morgan fingerprint density at radius 1 is 0.679 bits per heavy atom. The molecule has 0 bridgehead atoms. The van der Waals surface area contributed by atoms with Crippen molar-refractivity contribution < 1.29 is 9.59 Å². The van der Waals surface area contributed by atoms with Crippen LogP contribution in [0.1, 0.15) is 32.6 Å². The Balaban J connectivity index is 1.76. The average molecular weight is 372 g/mol. The minimum absolute atomic E-state index is 0.131. The minimum atomic E-state index is -0.220. The maximum absolute atomic E-state index is 12.8. The summed E-state index contributed by atoms with van der Waals surface area (Å²) in [6.45, 7) is 5.94. The number of benzene rings is 3. The Labute approximate surface area is 165 Å². The van der Waals surface area contributed by atoms with E-state index in [1.54, 1.807) is 6.07 Å². The van der Waals surface area contributed by atoms with Crippen molar-refractivity contribution in [3.8, 4) is 0 Å². The Bertz CT molecular complexity index is 990. The van der Waals surface area contributed by atoms with E-state index >= 15 is 0 Å². The molecule has 4 nitrogen and oxygen atoms in total. The zero-order valence-corrected chi connectivity index (χ0v) is 16.4. The van der Waals surface area contributed by atoms with E-state index in [9.17, 15) is 9.59 Å². The highest BCUT2D eigenvalue weighted by Gasteiger charge is 2.15. The van der Waals surface area contributed by atoms with Gasteiger partial charge in [0.25, 0.3) is 5.91 Å². The van der Waals surface area contributed by atoms with Crippen LogP contribution in [0.2, 0.25) is 0 Å². The van der Waals surface area contributed by atoms with Crippen LogP contribution in [-0.4, -0.2) is 11.8 Å². The fourth-order valence-electron chi connectivity index (χ4n) is 2.94. The predicted octanol–water partition coefficient (Wildman–Crippen LogP) is 5.05. The summed E-state index contributed by atoms with van der Waals surface area (Å²) in [7, 11) is 0. The lowest BCUT2D eigenvalue weighted by molar-refractivity contribution is -0.115. The number of carbonyl (C=O) groups excluding carboxylic acids is 2. The van der Waals surface area contributed by atoms with Crippen LogP contribution in [0, 0.1) is 20.8 Å². The predicted molar refractivity (Wildman–Crippen MR) is 114 cm³/mol. The van der Waals surface area contributed by atoms with Crippen molar-refractivity contribution in [1.82, 2.24) is 0 Å². The molecule has 2 N–H and O–H groups in total. The Morgan fingerprint density at radius 3 is 1.75 bits per heavy atom. The van der Waals surface area contributed by atoms with Crippen molar-refractivity contribution in [1.29, 1.82) is 0 Å². The van der Waals surface area contributed by atoms with Gasteiger partial charge in [-0.25, -0.2) is 0 Å². The molecule has 0 spiro atoms. The lowest BCUT2D eigenvalue weighted by Gasteiger charge is -2.12. The molecule has 0 heterocycles. The van der Waals surface area contributed by atoms with Crippen LogP contribution in [0.5, 0.6) is 0 Å². The first-order valence-corrected chi connectivity index (χ1v) is 9.25. The normalized spacial score (nSPS) is 10.4. The number of aryl methyl sites for hydroxylation is 3. The van der Waals surface area contributed by atoms with Crippen LogP contribution in [0.25, 0.3) is 0 Å². The van der Waals surface area contributed by atoms with Crippen molar-refractivity contribution in [2.75, 3.05) is 10.6 Å². The summed E-state index contributed by atoms with van der Waals surface area (Å²) in [6, 6.07) is 20.8. The molecule has 0 aromatic heterocycles. The molecule has 28 heavy (non-hydrogen) atoms. The molecule has 2 amide bonds. The number of nitrogens with one attached hydrogen (secondary N) is 2. The SMILES string of the molecule is Cc1ccc(NC(=O)Cc2cc(C)ccc2C(=O)Nc2ccc(C)cc2)cc1. The fourth-order valence-corrected chi connectivity index (χ4v) is 2.94. The van der Waals surface area contributed by atoms with Crippen molar-refractivity contribution in [2.45, 2.75) is 27.2 Å². The molecular formula is C24H24N2O2. The van der Waals surface area contributed by atoms with Crippen molar-refractivity contribution in [3.63, 3.8) is 0 Å². The molecule has 0 saturated heterocycles. The van der Waals surface area contributed by atoms with Gasteiger partial charge in [0.05, 0.1) is 6.42 Å². The molecule has 0 fully saturated rings. The van der Waals surface area contributed by atoms with Crippen LogP contribution in [0.3, 0.4) is 0 Å². The van der Waals surface area contributed by atoms with Gasteiger partial charge < -0.3 is 10.6 Å². The number of amides is 2. The van der Waals surface area contributed by atoms with Crippen molar-refractivity contribution in [3.05, 3.63) is 94.5 Å². The van der Waals surface area contributed by atoms with E-state index in [2.05, 4.69) is 10.6 Å². The zero-order chi connectivity index (χ0) is 20.1. The second kappa shape index (κ2) is 8.53. The van der Waals surface area contributed by atoms with Gasteiger partial charge in [0.2, 0.25) is 5.91 Å². The number of hydrogen-bond acceptors (Lipinski definition) is 2. The van der Waals surface area contributed by atoms with Gasteiger partial charge in [0, 0.05) is 16.9 Å². The van der Waals surface area contributed by atoms with Gasteiger partial charge in [-0.05, 0) is 56.7 Å². The summed E-state index contributed by atoms with van der Waals surface area (Å²) in [6.07, 6.45) is 0.131. The summed E-state index contributed by atoms with van der Waals surface area (Å²) in [5, 5.41) is 5.79. The minimum Gasteiger partial charge on any atom is -0.326 e. The smallest absolute Gasteiger partial charge is 0.255 e. The number of rotatable bonds is 5. The fraction of sp³-hybridized carbons (Fsp3) is 0.167. The monoisotopic (exact) mass is 372 g/mol. The maximum Gasteiger partial charge on any atom is 0.255 e. The largest absolute Gasteiger partial charge is 0.326 e. The highest BCUT2D eigenvalue weighted by molar-refractivity contribution is 6.06. The third-order valence-electron chi connectivity index (χ3n) is 4.50. The first-order valence-electron chi connectivity index (χ1n) is 9.25. The van der Waals surface area contributed by atoms with E-state index in [1.807, 2.05) is 81.4 Å². The van der Waals surface area contributed by atoms with Crippen molar-refractivity contribution >= 4 is 23.2 Å². The molecule has 0 radical (unpaired) electrons. The van der Waals surface area contributed by atoms with E-state index in [1.165, 1.54) is 0 Å². The van der Waals surface area contributed by atoms with Gasteiger partial charge >= 0.3 is 0 Å². The van der Waals surface area contributed by atoms with E-state index in [4.69, 9.17) is 0 Å². The van der Waals surface area contributed by atoms with Gasteiger partial charge in [-0.2, -0.15) is 0 Å². The van der Waals surface area contributed by atoms with E-state index in [0.29, 0.717) is 11.1 Å². The van der Waals surface area contributed by atoms with Gasteiger partial charge in [0.1, 0.15) is 0 Å². The average Bonchev–Trinajstić information content (AvgIpc) is 2.65. The van der Waals surface area contributed by atoms with Gasteiger partial charge in [-0.1, -0.05) is 53.1 Å². The summed E-state index contributed by atoms with van der Waals surface area (Å²) in [5.41, 5.74) is 5.94. The molecule has 4 heteroatoms. The molecule has 0 aliphatic carbocycles. The second-order valence-corrected chi connectivity index (χ2v) is 7.07. The van der Waals surface area contributed by atoms with Crippen LogP contribution >= 0.6 is 0 Å². The molecule has 3 aromatic rings. The first kappa shape index (κ1) is 19.4. The molecular weight excluding hydrogens is 348 g/mol. The number of carbonyl (C=O) groups is 2.